The number of hydrogen-bond donors (Lipinski definition) is 0. The van der Waals surface area contributed by atoms with E-state index in [1.165, 1.54) is 4.90 Å². The second-order valence-electron chi connectivity index (χ2n) is 4.48. The normalized spacial score (nSPS) is 21.8. The molecule has 1 aromatic carbocycles. The number of rotatable bonds is 2. The van der Waals surface area contributed by atoms with Gasteiger partial charge in [0.2, 0.25) is 0 Å². The number of halogens is 1. The summed E-state index contributed by atoms with van der Waals surface area (Å²) in [5.74, 6) is 0.107. The minimum absolute atomic E-state index is 0.0727. The molecule has 0 spiro atoms. The quantitative estimate of drug-likeness (QED) is 0.828. The van der Waals surface area contributed by atoms with Crippen LogP contribution in [0.2, 0.25) is 0 Å². The third-order valence-electron chi connectivity index (χ3n) is 3.15. The minimum atomic E-state index is -2.97. The molecular weight excluding hydrogens is 318 g/mol. The van der Waals surface area contributed by atoms with Gasteiger partial charge in [0.15, 0.2) is 9.84 Å². The average Bonchev–Trinajstić information content (AvgIpc) is 2.68. The van der Waals surface area contributed by atoms with E-state index in [0.29, 0.717) is 12.0 Å². The van der Waals surface area contributed by atoms with Crippen LogP contribution in [0.5, 0.6) is 0 Å². The van der Waals surface area contributed by atoms with Crippen molar-refractivity contribution < 1.29 is 13.2 Å². The Morgan fingerprint density at radius 3 is 2.72 bits per heavy atom. The van der Waals surface area contributed by atoms with E-state index in [1.54, 1.807) is 25.2 Å². The smallest absolute Gasteiger partial charge is 0.253 e. The van der Waals surface area contributed by atoms with Gasteiger partial charge < -0.3 is 4.90 Å². The van der Waals surface area contributed by atoms with Crippen molar-refractivity contribution in [3.05, 3.63) is 34.3 Å². The van der Waals surface area contributed by atoms with E-state index in [9.17, 15) is 13.2 Å². The summed E-state index contributed by atoms with van der Waals surface area (Å²) < 4.78 is 23.7. The molecule has 98 valence electrons. The molecule has 1 aliphatic heterocycles. The highest BCUT2D eigenvalue weighted by Crippen LogP contribution is 2.19. The van der Waals surface area contributed by atoms with Gasteiger partial charge in [0, 0.05) is 23.1 Å². The Morgan fingerprint density at radius 1 is 1.44 bits per heavy atom. The third kappa shape index (κ3) is 2.92. The Kier molecular flexibility index (Phi) is 3.77. The number of benzene rings is 1. The van der Waals surface area contributed by atoms with Gasteiger partial charge in [-0.25, -0.2) is 8.42 Å². The number of sulfone groups is 1. The van der Waals surface area contributed by atoms with Crippen molar-refractivity contribution in [2.75, 3.05) is 18.6 Å². The van der Waals surface area contributed by atoms with Crippen LogP contribution in [-0.4, -0.2) is 43.8 Å². The van der Waals surface area contributed by atoms with Gasteiger partial charge in [-0.05, 0) is 24.6 Å². The molecule has 0 radical (unpaired) electrons. The van der Waals surface area contributed by atoms with Crippen LogP contribution in [0.4, 0.5) is 0 Å². The summed E-state index contributed by atoms with van der Waals surface area (Å²) in [6.07, 6.45) is 0.526. The molecule has 1 atom stereocenters. The maximum atomic E-state index is 12.2. The molecule has 1 fully saturated rings. The number of nitrogens with zero attached hydrogens (tertiary/aromatic N) is 1. The molecule has 0 N–H and O–H groups in total. The zero-order valence-corrected chi connectivity index (χ0v) is 12.4. The van der Waals surface area contributed by atoms with Crippen molar-refractivity contribution in [1.82, 2.24) is 4.90 Å². The first-order valence-corrected chi connectivity index (χ1v) is 8.24. The molecule has 1 aliphatic rings. The highest BCUT2D eigenvalue weighted by atomic mass is 79.9. The summed E-state index contributed by atoms with van der Waals surface area (Å²) >= 11 is 3.31. The van der Waals surface area contributed by atoms with Crippen LogP contribution < -0.4 is 0 Å². The molecule has 2 rings (SSSR count). The molecule has 4 nitrogen and oxygen atoms in total. The third-order valence-corrected chi connectivity index (χ3v) is 5.39. The van der Waals surface area contributed by atoms with Crippen LogP contribution in [0.15, 0.2) is 28.7 Å². The SMILES string of the molecule is CN(C(=O)c1cccc(Br)c1)[C@H]1CCS(=O)(=O)C1. The van der Waals surface area contributed by atoms with Gasteiger partial charge in [-0.1, -0.05) is 22.0 Å². The predicted octanol–water partition coefficient (Wildman–Crippen LogP) is 1.71. The second-order valence-corrected chi connectivity index (χ2v) is 7.63. The molecule has 1 heterocycles. The van der Waals surface area contributed by atoms with Crippen molar-refractivity contribution in [2.45, 2.75) is 12.5 Å². The van der Waals surface area contributed by atoms with Gasteiger partial charge >= 0.3 is 0 Å². The van der Waals surface area contributed by atoms with Gasteiger partial charge in [0.1, 0.15) is 0 Å². The molecule has 0 aromatic heterocycles. The van der Waals surface area contributed by atoms with Crippen molar-refractivity contribution >= 4 is 31.7 Å². The first-order chi connectivity index (χ1) is 8.39. The molecule has 0 aliphatic carbocycles. The summed E-state index contributed by atoms with van der Waals surface area (Å²) in [4.78, 5) is 13.7. The van der Waals surface area contributed by atoms with Crippen LogP contribution in [0.25, 0.3) is 0 Å². The number of amides is 1. The van der Waals surface area contributed by atoms with Crippen LogP contribution in [-0.2, 0) is 9.84 Å². The second kappa shape index (κ2) is 5.01. The molecule has 1 amide bonds. The lowest BCUT2D eigenvalue weighted by atomic mass is 10.1. The van der Waals surface area contributed by atoms with Gasteiger partial charge in [-0.2, -0.15) is 0 Å². The molecule has 6 heteroatoms. The standard InChI is InChI=1S/C12H14BrNO3S/c1-14(11-5-6-18(16,17)8-11)12(15)9-3-2-4-10(13)7-9/h2-4,7,11H,5-6,8H2,1H3/t11-/m0/s1. The van der Waals surface area contributed by atoms with Crippen molar-refractivity contribution in [1.29, 1.82) is 0 Å². The van der Waals surface area contributed by atoms with Crippen molar-refractivity contribution in [3.8, 4) is 0 Å². The van der Waals surface area contributed by atoms with Crippen molar-refractivity contribution in [2.24, 2.45) is 0 Å². The molecular formula is C12H14BrNO3S. The van der Waals surface area contributed by atoms with Crippen LogP contribution in [0, 0.1) is 0 Å². The summed E-state index contributed by atoms with van der Waals surface area (Å²) in [7, 11) is -1.31. The highest BCUT2D eigenvalue weighted by molar-refractivity contribution is 9.10. The maximum Gasteiger partial charge on any atom is 0.253 e. The van der Waals surface area contributed by atoms with Gasteiger partial charge in [-0.3, -0.25) is 4.79 Å². The maximum absolute atomic E-state index is 12.2. The zero-order valence-electron chi connectivity index (χ0n) is 9.97. The summed E-state index contributed by atoms with van der Waals surface area (Å²) in [5, 5.41) is 0. The first kappa shape index (κ1) is 13.5. The van der Waals surface area contributed by atoms with E-state index in [4.69, 9.17) is 0 Å². The summed E-state index contributed by atoms with van der Waals surface area (Å²) in [5.41, 5.74) is 0.566. The van der Waals surface area contributed by atoms with Gasteiger partial charge in [0.25, 0.3) is 5.91 Å². The average molecular weight is 332 g/mol. The Balaban J connectivity index is 2.15. The fourth-order valence-electron chi connectivity index (χ4n) is 2.07. The molecule has 0 unspecified atom stereocenters. The zero-order chi connectivity index (χ0) is 13.3. The monoisotopic (exact) mass is 331 g/mol. The van der Waals surface area contributed by atoms with E-state index < -0.39 is 9.84 Å². The van der Waals surface area contributed by atoms with Crippen molar-refractivity contribution in [3.63, 3.8) is 0 Å². The Morgan fingerprint density at radius 2 is 2.17 bits per heavy atom. The fraction of sp³-hybridized carbons (Fsp3) is 0.417. The van der Waals surface area contributed by atoms with Gasteiger partial charge in [0.05, 0.1) is 11.5 Å². The Hall–Kier alpha value is -0.880. The first-order valence-electron chi connectivity index (χ1n) is 5.62. The molecule has 1 saturated heterocycles. The molecule has 0 bridgehead atoms. The fourth-order valence-corrected chi connectivity index (χ4v) is 4.25. The molecule has 1 aromatic rings. The largest absolute Gasteiger partial charge is 0.338 e. The Bertz CT molecular complexity index is 570. The lowest BCUT2D eigenvalue weighted by molar-refractivity contribution is 0.0747. The van der Waals surface area contributed by atoms with Crippen LogP contribution in [0.3, 0.4) is 0 Å². The summed E-state index contributed by atoms with van der Waals surface area (Å²) in [6.45, 7) is 0. The van der Waals surface area contributed by atoms with Gasteiger partial charge in [-0.15, -0.1) is 0 Å². The number of carbonyl (C=O) groups excluding carboxylic acids is 1. The van der Waals surface area contributed by atoms with Crippen LogP contribution in [0.1, 0.15) is 16.8 Å². The topological polar surface area (TPSA) is 54.5 Å². The van der Waals surface area contributed by atoms with E-state index in [1.807, 2.05) is 6.07 Å². The van der Waals surface area contributed by atoms with E-state index in [0.717, 1.165) is 4.47 Å². The summed E-state index contributed by atoms with van der Waals surface area (Å²) in [6, 6.07) is 6.89. The highest BCUT2D eigenvalue weighted by Gasteiger charge is 2.32. The lowest BCUT2D eigenvalue weighted by Crippen LogP contribution is -2.37. The minimum Gasteiger partial charge on any atom is -0.338 e. The predicted molar refractivity (Wildman–Crippen MR) is 73.3 cm³/mol. The van der Waals surface area contributed by atoms with Crippen LogP contribution >= 0.6 is 15.9 Å². The number of carbonyl (C=O) groups is 1. The molecule has 0 saturated carbocycles. The lowest BCUT2D eigenvalue weighted by Gasteiger charge is -2.23. The number of hydrogen-bond acceptors (Lipinski definition) is 3. The Labute approximate surface area is 115 Å². The molecule has 18 heavy (non-hydrogen) atoms. The van der Waals surface area contributed by atoms with E-state index in [2.05, 4.69) is 15.9 Å². The van der Waals surface area contributed by atoms with E-state index >= 15 is 0 Å². The van der Waals surface area contributed by atoms with E-state index in [-0.39, 0.29) is 23.5 Å².